The summed E-state index contributed by atoms with van der Waals surface area (Å²) in [5, 5.41) is 0.503. The maximum Gasteiger partial charge on any atom is 0.137 e. The van der Waals surface area contributed by atoms with E-state index in [4.69, 9.17) is 17.3 Å². The molecule has 0 aromatic heterocycles. The average molecular weight is 253 g/mol. The highest BCUT2D eigenvalue weighted by molar-refractivity contribution is 9.10. The lowest BCUT2D eigenvalue weighted by Crippen LogP contribution is -2.07. The van der Waals surface area contributed by atoms with E-state index >= 15 is 0 Å². The average Bonchev–Trinajstić information content (AvgIpc) is 2.08. The van der Waals surface area contributed by atoms with Crippen LogP contribution in [0, 0.1) is 0 Å². The highest BCUT2D eigenvalue weighted by atomic mass is 79.9. The van der Waals surface area contributed by atoms with Crippen molar-refractivity contribution in [2.75, 3.05) is 6.54 Å². The molecule has 0 saturated heterocycles. The third-order valence-corrected chi connectivity index (χ3v) is 2.74. The Kier molecular flexibility index (Phi) is 3.50. The van der Waals surface area contributed by atoms with Gasteiger partial charge >= 0.3 is 0 Å². The molecule has 0 spiro atoms. The highest BCUT2D eigenvalue weighted by Crippen LogP contribution is 2.26. The molecule has 0 amide bonds. The molecule has 0 radical (unpaired) electrons. The molecule has 66 valence electrons. The summed E-state index contributed by atoms with van der Waals surface area (Å²) >= 11 is 8.98. The standard InChI is InChI=1S/C8H8BrClFN/c9-6-2-1-5(3-7(6)10)8(11)4-12/h1-3,8H,4,12H2. The molecule has 0 aliphatic heterocycles. The molecule has 4 heteroatoms. The Morgan fingerprint density at radius 2 is 2.25 bits per heavy atom. The molecule has 12 heavy (non-hydrogen) atoms. The molecule has 1 nitrogen and oxygen atoms in total. The van der Waals surface area contributed by atoms with E-state index in [9.17, 15) is 4.39 Å². The fourth-order valence-corrected chi connectivity index (χ4v) is 1.28. The number of benzene rings is 1. The predicted octanol–water partition coefficient (Wildman–Crippen LogP) is 3.07. The van der Waals surface area contributed by atoms with Crippen molar-refractivity contribution in [1.82, 2.24) is 0 Å². The van der Waals surface area contributed by atoms with E-state index in [1.54, 1.807) is 18.2 Å². The van der Waals surface area contributed by atoms with Gasteiger partial charge in [0.25, 0.3) is 0 Å². The first-order valence-electron chi connectivity index (χ1n) is 3.44. The highest BCUT2D eigenvalue weighted by Gasteiger charge is 2.08. The van der Waals surface area contributed by atoms with E-state index in [2.05, 4.69) is 15.9 Å². The first-order valence-corrected chi connectivity index (χ1v) is 4.61. The Morgan fingerprint density at radius 1 is 1.58 bits per heavy atom. The normalized spacial score (nSPS) is 13.0. The van der Waals surface area contributed by atoms with Gasteiger partial charge in [0.1, 0.15) is 6.17 Å². The van der Waals surface area contributed by atoms with Crippen molar-refractivity contribution >= 4 is 27.5 Å². The molecular weight excluding hydrogens is 244 g/mol. The van der Waals surface area contributed by atoms with E-state index in [0.717, 1.165) is 4.47 Å². The van der Waals surface area contributed by atoms with E-state index in [1.807, 2.05) is 0 Å². The van der Waals surface area contributed by atoms with Gasteiger partial charge < -0.3 is 5.73 Å². The van der Waals surface area contributed by atoms with Crippen LogP contribution in [0.1, 0.15) is 11.7 Å². The number of halogens is 3. The second-order valence-corrected chi connectivity index (χ2v) is 3.64. The van der Waals surface area contributed by atoms with Gasteiger partial charge in [0.05, 0.1) is 5.02 Å². The lowest BCUT2D eigenvalue weighted by Gasteiger charge is -2.05. The number of alkyl halides is 1. The summed E-state index contributed by atoms with van der Waals surface area (Å²) in [5.41, 5.74) is 5.68. The molecule has 1 rings (SSSR count). The zero-order valence-electron chi connectivity index (χ0n) is 6.23. The van der Waals surface area contributed by atoms with Crippen LogP contribution in [0.2, 0.25) is 5.02 Å². The number of nitrogens with two attached hydrogens (primary N) is 1. The van der Waals surface area contributed by atoms with Crippen molar-refractivity contribution in [1.29, 1.82) is 0 Å². The number of hydrogen-bond acceptors (Lipinski definition) is 1. The molecule has 0 aliphatic rings. The molecule has 0 saturated carbocycles. The molecular formula is C8H8BrClFN. The molecule has 1 aromatic carbocycles. The van der Waals surface area contributed by atoms with Crippen molar-refractivity contribution in [3.05, 3.63) is 33.3 Å². The van der Waals surface area contributed by atoms with Crippen molar-refractivity contribution in [2.45, 2.75) is 6.17 Å². The Labute approximate surface area is 83.8 Å². The molecule has 1 atom stereocenters. The van der Waals surface area contributed by atoms with Crippen LogP contribution in [0.15, 0.2) is 22.7 Å². The Hall–Kier alpha value is -0.120. The van der Waals surface area contributed by atoms with E-state index in [0.29, 0.717) is 10.6 Å². The molecule has 2 N–H and O–H groups in total. The van der Waals surface area contributed by atoms with Gasteiger partial charge in [0, 0.05) is 11.0 Å². The molecule has 0 fully saturated rings. The second-order valence-electron chi connectivity index (χ2n) is 2.38. The summed E-state index contributed by atoms with van der Waals surface area (Å²) in [6.07, 6.45) is -1.13. The third-order valence-electron chi connectivity index (χ3n) is 1.51. The molecule has 1 unspecified atom stereocenters. The minimum atomic E-state index is -1.13. The van der Waals surface area contributed by atoms with Gasteiger partial charge in [-0.15, -0.1) is 0 Å². The lowest BCUT2D eigenvalue weighted by atomic mass is 10.1. The smallest absolute Gasteiger partial charge is 0.137 e. The fraction of sp³-hybridized carbons (Fsp3) is 0.250. The number of hydrogen-bond donors (Lipinski definition) is 1. The van der Waals surface area contributed by atoms with Crippen LogP contribution in [0.3, 0.4) is 0 Å². The van der Waals surface area contributed by atoms with Gasteiger partial charge in [-0.1, -0.05) is 17.7 Å². The van der Waals surface area contributed by atoms with Crippen LogP contribution in [-0.4, -0.2) is 6.54 Å². The van der Waals surface area contributed by atoms with Crippen LogP contribution >= 0.6 is 27.5 Å². The minimum absolute atomic E-state index is 0.0159. The predicted molar refractivity (Wildman–Crippen MR) is 52.1 cm³/mol. The Bertz CT molecular complexity index is 280. The summed E-state index contributed by atoms with van der Waals surface area (Å²) in [6, 6.07) is 4.94. The van der Waals surface area contributed by atoms with Gasteiger partial charge in [-0.05, 0) is 33.6 Å². The zero-order chi connectivity index (χ0) is 9.14. The van der Waals surface area contributed by atoms with Gasteiger partial charge in [0.2, 0.25) is 0 Å². The number of rotatable bonds is 2. The molecule has 1 aromatic rings. The largest absolute Gasteiger partial charge is 0.327 e. The van der Waals surface area contributed by atoms with Crippen molar-refractivity contribution in [2.24, 2.45) is 5.73 Å². The summed E-state index contributed by atoms with van der Waals surface area (Å²) in [7, 11) is 0. The first kappa shape index (κ1) is 9.96. The molecule has 0 aliphatic carbocycles. The maximum absolute atomic E-state index is 13.0. The minimum Gasteiger partial charge on any atom is -0.327 e. The van der Waals surface area contributed by atoms with Crippen LogP contribution in [0.5, 0.6) is 0 Å². The van der Waals surface area contributed by atoms with Crippen LogP contribution in [0.25, 0.3) is 0 Å². The first-order chi connectivity index (χ1) is 5.65. The van der Waals surface area contributed by atoms with Gasteiger partial charge in [0.15, 0.2) is 0 Å². The van der Waals surface area contributed by atoms with Crippen LogP contribution in [0.4, 0.5) is 4.39 Å². The summed E-state index contributed by atoms with van der Waals surface area (Å²) < 4.78 is 13.7. The van der Waals surface area contributed by atoms with Crippen molar-refractivity contribution < 1.29 is 4.39 Å². The van der Waals surface area contributed by atoms with E-state index < -0.39 is 6.17 Å². The molecule has 0 heterocycles. The summed E-state index contributed by atoms with van der Waals surface area (Å²) in [6.45, 7) is -0.0159. The Balaban J connectivity index is 2.96. The maximum atomic E-state index is 13.0. The Morgan fingerprint density at radius 3 is 2.75 bits per heavy atom. The van der Waals surface area contributed by atoms with Crippen molar-refractivity contribution in [3.63, 3.8) is 0 Å². The van der Waals surface area contributed by atoms with Crippen LogP contribution in [-0.2, 0) is 0 Å². The summed E-state index contributed by atoms with van der Waals surface area (Å²) in [5.74, 6) is 0. The third kappa shape index (κ3) is 2.19. The quantitative estimate of drug-likeness (QED) is 0.860. The van der Waals surface area contributed by atoms with Gasteiger partial charge in [-0.3, -0.25) is 0 Å². The van der Waals surface area contributed by atoms with Crippen LogP contribution < -0.4 is 5.73 Å². The SMILES string of the molecule is NCC(F)c1ccc(Br)c(Cl)c1. The fourth-order valence-electron chi connectivity index (χ4n) is 0.843. The molecule has 0 bridgehead atoms. The van der Waals surface area contributed by atoms with Gasteiger partial charge in [-0.25, -0.2) is 4.39 Å². The topological polar surface area (TPSA) is 26.0 Å². The van der Waals surface area contributed by atoms with E-state index in [-0.39, 0.29) is 6.54 Å². The van der Waals surface area contributed by atoms with Crippen molar-refractivity contribution in [3.8, 4) is 0 Å². The zero-order valence-corrected chi connectivity index (χ0v) is 8.57. The monoisotopic (exact) mass is 251 g/mol. The lowest BCUT2D eigenvalue weighted by molar-refractivity contribution is 0.353. The van der Waals surface area contributed by atoms with Gasteiger partial charge in [-0.2, -0.15) is 0 Å². The second kappa shape index (κ2) is 4.21. The van der Waals surface area contributed by atoms with E-state index in [1.165, 1.54) is 0 Å². The summed E-state index contributed by atoms with van der Waals surface area (Å²) in [4.78, 5) is 0.